The topological polar surface area (TPSA) is 60.4 Å². The van der Waals surface area contributed by atoms with Crippen LogP contribution in [0.4, 0.5) is 0 Å². The van der Waals surface area contributed by atoms with Crippen LogP contribution in [0.15, 0.2) is 18.2 Å². The Labute approximate surface area is 126 Å². The van der Waals surface area contributed by atoms with Crippen LogP contribution < -0.4 is 4.74 Å². The fourth-order valence-corrected chi connectivity index (χ4v) is 3.26. The number of sulfone groups is 1. The first-order valence-corrected chi connectivity index (χ1v) is 8.88. The predicted molar refractivity (Wildman–Crippen MR) is 82.7 cm³/mol. The molecule has 116 valence electrons. The van der Waals surface area contributed by atoms with E-state index in [9.17, 15) is 13.2 Å². The molecular weight excluding hydrogens is 288 g/mol. The van der Waals surface area contributed by atoms with E-state index >= 15 is 0 Å². The van der Waals surface area contributed by atoms with E-state index < -0.39 is 14.6 Å². The number of carbonyl (C=O) groups excluding carboxylic acids is 1. The molecule has 0 spiro atoms. The van der Waals surface area contributed by atoms with E-state index in [-0.39, 0.29) is 18.1 Å². The SMILES string of the molecule is CC(C)(C)S(=O)(=O)CCOc1cccc2c1CCCC2=O. The van der Waals surface area contributed by atoms with Crippen molar-refractivity contribution in [1.29, 1.82) is 0 Å². The Morgan fingerprint density at radius 3 is 2.57 bits per heavy atom. The number of Topliss-reactive ketones (excluding diaryl/α,β-unsaturated/α-hetero) is 1. The molecule has 0 aromatic heterocycles. The highest BCUT2D eigenvalue weighted by molar-refractivity contribution is 7.92. The Kier molecular flexibility index (Phi) is 4.42. The molecule has 0 N–H and O–H groups in total. The molecule has 0 heterocycles. The van der Waals surface area contributed by atoms with Crippen LogP contribution in [-0.4, -0.2) is 31.3 Å². The minimum atomic E-state index is -3.19. The quantitative estimate of drug-likeness (QED) is 0.858. The fourth-order valence-electron chi connectivity index (χ4n) is 2.35. The lowest BCUT2D eigenvalue weighted by Gasteiger charge is -2.21. The zero-order valence-corrected chi connectivity index (χ0v) is 13.6. The van der Waals surface area contributed by atoms with Crippen molar-refractivity contribution in [3.8, 4) is 5.75 Å². The minimum absolute atomic E-state index is 0.0197. The molecule has 0 amide bonds. The van der Waals surface area contributed by atoms with Crippen LogP contribution in [-0.2, 0) is 16.3 Å². The van der Waals surface area contributed by atoms with Gasteiger partial charge in [-0.3, -0.25) is 4.79 Å². The lowest BCUT2D eigenvalue weighted by atomic mass is 9.90. The second-order valence-electron chi connectivity index (χ2n) is 6.34. The second kappa shape index (κ2) is 5.79. The van der Waals surface area contributed by atoms with Gasteiger partial charge in [-0.1, -0.05) is 12.1 Å². The van der Waals surface area contributed by atoms with Gasteiger partial charge in [0.2, 0.25) is 0 Å². The lowest BCUT2D eigenvalue weighted by Crippen LogP contribution is -2.32. The number of carbonyl (C=O) groups is 1. The highest BCUT2D eigenvalue weighted by Crippen LogP contribution is 2.29. The number of hydrogen-bond acceptors (Lipinski definition) is 4. The predicted octanol–water partition coefficient (Wildman–Crippen LogP) is 2.80. The van der Waals surface area contributed by atoms with Gasteiger partial charge in [0.05, 0.1) is 10.5 Å². The largest absolute Gasteiger partial charge is 0.492 e. The normalized spacial score (nSPS) is 15.7. The van der Waals surface area contributed by atoms with Gasteiger partial charge in [0.15, 0.2) is 15.6 Å². The summed E-state index contributed by atoms with van der Waals surface area (Å²) >= 11 is 0. The number of benzene rings is 1. The summed E-state index contributed by atoms with van der Waals surface area (Å²) in [5.74, 6) is 0.766. The van der Waals surface area contributed by atoms with Crippen LogP contribution in [0.3, 0.4) is 0 Å². The molecule has 1 aliphatic carbocycles. The van der Waals surface area contributed by atoms with Crippen molar-refractivity contribution >= 4 is 15.6 Å². The zero-order valence-electron chi connectivity index (χ0n) is 12.8. The molecule has 21 heavy (non-hydrogen) atoms. The van der Waals surface area contributed by atoms with Crippen LogP contribution >= 0.6 is 0 Å². The van der Waals surface area contributed by atoms with Crippen molar-refractivity contribution in [2.75, 3.05) is 12.4 Å². The standard InChI is InChI=1S/C16H22O4S/c1-16(2,3)21(18,19)11-10-20-15-9-5-6-12-13(15)7-4-8-14(12)17/h5-6,9H,4,7-8,10-11H2,1-3H3. The molecule has 5 heteroatoms. The zero-order chi connectivity index (χ0) is 15.7. The van der Waals surface area contributed by atoms with Gasteiger partial charge >= 0.3 is 0 Å². The summed E-state index contributed by atoms with van der Waals surface area (Å²) in [4.78, 5) is 11.9. The summed E-state index contributed by atoms with van der Waals surface area (Å²) in [5, 5.41) is 0. The van der Waals surface area contributed by atoms with E-state index in [1.807, 2.05) is 6.07 Å². The average molecular weight is 310 g/mol. The molecule has 0 fully saturated rings. The van der Waals surface area contributed by atoms with Crippen LogP contribution in [0.2, 0.25) is 0 Å². The smallest absolute Gasteiger partial charge is 0.163 e. The molecule has 0 saturated carbocycles. The molecule has 1 aromatic carbocycles. The third kappa shape index (κ3) is 3.46. The van der Waals surface area contributed by atoms with E-state index in [0.717, 1.165) is 24.0 Å². The van der Waals surface area contributed by atoms with E-state index in [1.54, 1.807) is 32.9 Å². The fraction of sp³-hybridized carbons (Fsp3) is 0.562. The van der Waals surface area contributed by atoms with Crippen molar-refractivity contribution in [1.82, 2.24) is 0 Å². The number of hydrogen-bond donors (Lipinski definition) is 0. The van der Waals surface area contributed by atoms with Gasteiger partial charge in [0, 0.05) is 17.5 Å². The molecular formula is C16H22O4S. The summed E-state index contributed by atoms with van der Waals surface area (Å²) in [6.07, 6.45) is 2.21. The van der Waals surface area contributed by atoms with Crippen molar-refractivity contribution in [2.45, 2.75) is 44.8 Å². The average Bonchev–Trinajstić information content (AvgIpc) is 2.38. The lowest BCUT2D eigenvalue weighted by molar-refractivity contribution is 0.0971. The van der Waals surface area contributed by atoms with Crippen molar-refractivity contribution in [3.05, 3.63) is 29.3 Å². The van der Waals surface area contributed by atoms with E-state index in [0.29, 0.717) is 12.2 Å². The van der Waals surface area contributed by atoms with Gasteiger partial charge in [-0.25, -0.2) is 8.42 Å². The van der Waals surface area contributed by atoms with Crippen LogP contribution in [0.25, 0.3) is 0 Å². The first-order valence-electron chi connectivity index (χ1n) is 7.22. The van der Waals surface area contributed by atoms with Crippen molar-refractivity contribution < 1.29 is 17.9 Å². The summed E-state index contributed by atoms with van der Waals surface area (Å²) in [5.41, 5.74) is 1.64. The van der Waals surface area contributed by atoms with Crippen LogP contribution in [0.5, 0.6) is 5.75 Å². The summed E-state index contributed by atoms with van der Waals surface area (Å²) in [6, 6.07) is 5.41. The second-order valence-corrected chi connectivity index (χ2v) is 9.20. The van der Waals surface area contributed by atoms with Gasteiger partial charge in [-0.05, 0) is 39.7 Å². The van der Waals surface area contributed by atoms with Gasteiger partial charge in [-0.2, -0.15) is 0 Å². The molecule has 1 aromatic rings. The Bertz CT molecular complexity index is 639. The van der Waals surface area contributed by atoms with Crippen molar-refractivity contribution in [3.63, 3.8) is 0 Å². The third-order valence-electron chi connectivity index (χ3n) is 3.81. The number of rotatable bonds is 4. The highest BCUT2D eigenvalue weighted by atomic mass is 32.2. The highest BCUT2D eigenvalue weighted by Gasteiger charge is 2.29. The maximum Gasteiger partial charge on any atom is 0.163 e. The van der Waals surface area contributed by atoms with Gasteiger partial charge in [-0.15, -0.1) is 0 Å². The summed E-state index contributed by atoms with van der Waals surface area (Å²) < 4.78 is 29.0. The maximum absolute atomic E-state index is 12.0. The van der Waals surface area contributed by atoms with Gasteiger partial charge in [0.1, 0.15) is 12.4 Å². The first-order chi connectivity index (χ1) is 9.72. The molecule has 0 atom stereocenters. The maximum atomic E-state index is 12.0. The Morgan fingerprint density at radius 2 is 1.90 bits per heavy atom. The number of fused-ring (bicyclic) bond motifs is 1. The van der Waals surface area contributed by atoms with E-state index in [4.69, 9.17) is 4.74 Å². The van der Waals surface area contributed by atoms with Crippen molar-refractivity contribution in [2.24, 2.45) is 0 Å². The summed E-state index contributed by atoms with van der Waals surface area (Å²) in [7, 11) is -3.19. The minimum Gasteiger partial charge on any atom is -0.492 e. The molecule has 0 bridgehead atoms. The monoisotopic (exact) mass is 310 g/mol. The Morgan fingerprint density at radius 1 is 1.19 bits per heavy atom. The van der Waals surface area contributed by atoms with E-state index in [2.05, 4.69) is 0 Å². The molecule has 1 aliphatic rings. The molecule has 0 radical (unpaired) electrons. The third-order valence-corrected chi connectivity index (χ3v) is 6.38. The molecule has 4 nitrogen and oxygen atoms in total. The van der Waals surface area contributed by atoms with Gasteiger partial charge < -0.3 is 4.74 Å². The Hall–Kier alpha value is -1.36. The van der Waals surface area contributed by atoms with Gasteiger partial charge in [0.25, 0.3) is 0 Å². The molecule has 0 saturated heterocycles. The Balaban J connectivity index is 2.09. The van der Waals surface area contributed by atoms with E-state index in [1.165, 1.54) is 0 Å². The van der Waals surface area contributed by atoms with Crippen LogP contribution in [0.1, 0.15) is 49.5 Å². The molecule has 0 unspecified atom stereocenters. The van der Waals surface area contributed by atoms with Crippen LogP contribution in [0, 0.1) is 0 Å². The number of ketones is 1. The first kappa shape index (κ1) is 16.0. The number of ether oxygens (including phenoxy) is 1. The molecule has 2 rings (SSSR count). The summed E-state index contributed by atoms with van der Waals surface area (Å²) in [6.45, 7) is 5.17. The molecule has 0 aliphatic heterocycles.